The van der Waals surface area contributed by atoms with Crippen LogP contribution >= 0.6 is 31.9 Å². The van der Waals surface area contributed by atoms with E-state index in [9.17, 15) is 4.79 Å². The van der Waals surface area contributed by atoms with Crippen LogP contribution in [0.3, 0.4) is 0 Å². The number of alkyl halides is 2. The van der Waals surface area contributed by atoms with E-state index in [-0.39, 0.29) is 10.2 Å². The lowest BCUT2D eigenvalue weighted by Gasteiger charge is -2.27. The maximum absolute atomic E-state index is 11.8. The molecule has 1 N–H and O–H groups in total. The molecule has 1 aromatic rings. The fourth-order valence-corrected chi connectivity index (χ4v) is 2.00. The van der Waals surface area contributed by atoms with Gasteiger partial charge in [0.1, 0.15) is 0 Å². The van der Waals surface area contributed by atoms with Crippen LogP contribution in [0, 0.1) is 5.92 Å². The third-order valence-electron chi connectivity index (χ3n) is 2.89. The van der Waals surface area contributed by atoms with Gasteiger partial charge in [0.05, 0.1) is 0 Å². The molecule has 0 radical (unpaired) electrons. The number of hydrogen-bond donors (Lipinski definition) is 1. The fourth-order valence-electron chi connectivity index (χ4n) is 1.28. The SMILES string of the molecule is C[C@H](CNC(=O)c1ccccc1)[C@@](C)(Br)CBr. The largest absolute Gasteiger partial charge is 0.352 e. The van der Waals surface area contributed by atoms with E-state index in [0.717, 1.165) is 5.33 Å². The molecule has 0 aliphatic heterocycles. The van der Waals surface area contributed by atoms with Crippen molar-refractivity contribution in [1.29, 1.82) is 0 Å². The van der Waals surface area contributed by atoms with Crippen LogP contribution in [0.2, 0.25) is 0 Å². The second-order valence-corrected chi connectivity index (χ2v) is 6.76. The Kier molecular flexibility index (Phi) is 5.67. The molecule has 4 heteroatoms. The van der Waals surface area contributed by atoms with E-state index < -0.39 is 0 Å². The molecule has 17 heavy (non-hydrogen) atoms. The predicted molar refractivity (Wildman–Crippen MR) is 79.1 cm³/mol. The van der Waals surface area contributed by atoms with Crippen molar-refractivity contribution in [2.24, 2.45) is 5.92 Å². The third-order valence-corrected chi connectivity index (χ3v) is 5.87. The Morgan fingerprint density at radius 3 is 2.53 bits per heavy atom. The van der Waals surface area contributed by atoms with Gasteiger partial charge in [0.2, 0.25) is 0 Å². The van der Waals surface area contributed by atoms with Crippen LogP contribution in [-0.2, 0) is 0 Å². The monoisotopic (exact) mass is 361 g/mol. The Morgan fingerprint density at radius 2 is 2.00 bits per heavy atom. The summed E-state index contributed by atoms with van der Waals surface area (Å²) in [5.74, 6) is 0.324. The summed E-state index contributed by atoms with van der Waals surface area (Å²) in [4.78, 5) is 11.8. The maximum atomic E-state index is 11.8. The molecule has 1 amide bonds. The molecule has 0 aliphatic carbocycles. The van der Waals surface area contributed by atoms with Gasteiger partial charge >= 0.3 is 0 Å². The number of benzene rings is 1. The zero-order valence-corrected chi connectivity index (χ0v) is 13.2. The quantitative estimate of drug-likeness (QED) is 0.796. The normalized spacial score (nSPS) is 16.0. The highest BCUT2D eigenvalue weighted by molar-refractivity contribution is 9.12. The molecule has 0 spiro atoms. The molecular formula is C13H17Br2NO. The van der Waals surface area contributed by atoms with Crippen LogP contribution in [0.25, 0.3) is 0 Å². The standard InChI is InChI=1S/C13H17Br2NO/c1-10(13(2,15)9-14)8-16-12(17)11-6-4-3-5-7-11/h3-7,10H,8-9H2,1-2H3,(H,16,17)/t10-,13+/m1/s1. The lowest BCUT2D eigenvalue weighted by atomic mass is 9.98. The van der Waals surface area contributed by atoms with E-state index in [0.29, 0.717) is 18.0 Å². The van der Waals surface area contributed by atoms with Crippen molar-refractivity contribution in [1.82, 2.24) is 5.32 Å². The molecule has 0 saturated carbocycles. The Morgan fingerprint density at radius 1 is 1.41 bits per heavy atom. The first-order valence-corrected chi connectivity index (χ1v) is 7.47. The van der Waals surface area contributed by atoms with Crippen molar-refractivity contribution in [3.05, 3.63) is 35.9 Å². The van der Waals surface area contributed by atoms with Crippen molar-refractivity contribution in [2.75, 3.05) is 11.9 Å². The van der Waals surface area contributed by atoms with Gasteiger partial charge in [-0.25, -0.2) is 0 Å². The number of nitrogens with one attached hydrogen (secondary N) is 1. The van der Waals surface area contributed by atoms with E-state index in [1.807, 2.05) is 30.3 Å². The van der Waals surface area contributed by atoms with Crippen molar-refractivity contribution in [3.63, 3.8) is 0 Å². The molecule has 94 valence electrons. The Bertz CT molecular complexity index is 365. The summed E-state index contributed by atoms with van der Waals surface area (Å²) in [5.41, 5.74) is 0.704. The maximum Gasteiger partial charge on any atom is 0.251 e. The molecule has 0 aromatic heterocycles. The predicted octanol–water partition coefficient (Wildman–Crippen LogP) is 3.60. The highest BCUT2D eigenvalue weighted by Crippen LogP contribution is 2.28. The molecule has 0 heterocycles. The van der Waals surface area contributed by atoms with Crippen molar-refractivity contribution in [3.8, 4) is 0 Å². The van der Waals surface area contributed by atoms with Gasteiger partial charge in [-0.15, -0.1) is 0 Å². The second kappa shape index (κ2) is 6.55. The van der Waals surface area contributed by atoms with Crippen LogP contribution in [0.5, 0.6) is 0 Å². The zero-order chi connectivity index (χ0) is 12.9. The molecule has 1 rings (SSSR count). The molecular weight excluding hydrogens is 346 g/mol. The number of carbonyl (C=O) groups excluding carboxylic acids is 1. The van der Waals surface area contributed by atoms with Crippen molar-refractivity contribution >= 4 is 37.8 Å². The van der Waals surface area contributed by atoms with Gasteiger partial charge in [0.25, 0.3) is 5.91 Å². The smallest absolute Gasteiger partial charge is 0.251 e. The molecule has 0 aliphatic rings. The van der Waals surface area contributed by atoms with Gasteiger partial charge in [-0.05, 0) is 25.0 Å². The minimum atomic E-state index is -0.0182. The van der Waals surface area contributed by atoms with Gasteiger partial charge in [-0.3, -0.25) is 4.79 Å². The van der Waals surface area contributed by atoms with Gasteiger partial charge in [-0.1, -0.05) is 57.0 Å². The first-order chi connectivity index (χ1) is 7.97. The summed E-state index contributed by atoms with van der Waals surface area (Å²) in [6.45, 7) is 4.88. The van der Waals surface area contributed by atoms with Crippen LogP contribution in [0.15, 0.2) is 30.3 Å². The molecule has 2 nitrogen and oxygen atoms in total. The lowest BCUT2D eigenvalue weighted by molar-refractivity contribution is 0.0946. The number of carbonyl (C=O) groups is 1. The van der Waals surface area contributed by atoms with Crippen LogP contribution in [0.1, 0.15) is 24.2 Å². The summed E-state index contributed by atoms with van der Waals surface area (Å²) in [7, 11) is 0. The highest BCUT2D eigenvalue weighted by Gasteiger charge is 2.26. The van der Waals surface area contributed by atoms with Gasteiger partial charge in [-0.2, -0.15) is 0 Å². The molecule has 0 fully saturated rings. The van der Waals surface area contributed by atoms with Crippen molar-refractivity contribution in [2.45, 2.75) is 18.2 Å². The minimum Gasteiger partial charge on any atom is -0.352 e. The summed E-state index contributed by atoms with van der Waals surface area (Å²) >= 11 is 7.12. The van der Waals surface area contributed by atoms with E-state index in [2.05, 4.69) is 51.0 Å². The van der Waals surface area contributed by atoms with E-state index >= 15 is 0 Å². The number of amides is 1. The molecule has 1 aromatic carbocycles. The summed E-state index contributed by atoms with van der Waals surface area (Å²) in [6.07, 6.45) is 0. The lowest BCUT2D eigenvalue weighted by Crippen LogP contribution is -2.38. The average molecular weight is 363 g/mol. The van der Waals surface area contributed by atoms with Crippen LogP contribution in [-0.4, -0.2) is 22.1 Å². The topological polar surface area (TPSA) is 29.1 Å². The van der Waals surface area contributed by atoms with E-state index in [1.54, 1.807) is 0 Å². The Hall–Kier alpha value is -0.350. The minimum absolute atomic E-state index is 0.00301. The molecule has 0 bridgehead atoms. The third kappa shape index (κ3) is 4.43. The first-order valence-electron chi connectivity index (χ1n) is 5.55. The molecule has 0 saturated heterocycles. The summed E-state index contributed by atoms with van der Waals surface area (Å²) in [6, 6.07) is 9.27. The Labute approximate surface area is 119 Å². The first kappa shape index (κ1) is 14.7. The fraction of sp³-hybridized carbons (Fsp3) is 0.462. The van der Waals surface area contributed by atoms with Crippen LogP contribution in [0.4, 0.5) is 0 Å². The number of rotatable bonds is 5. The highest BCUT2D eigenvalue weighted by atomic mass is 79.9. The number of halogens is 2. The summed E-state index contributed by atoms with van der Waals surface area (Å²) in [5, 5.41) is 3.80. The van der Waals surface area contributed by atoms with Gasteiger partial charge < -0.3 is 5.32 Å². The molecule has 0 unspecified atom stereocenters. The van der Waals surface area contributed by atoms with Crippen molar-refractivity contribution < 1.29 is 4.79 Å². The van der Waals surface area contributed by atoms with Crippen LogP contribution < -0.4 is 5.32 Å². The second-order valence-electron chi connectivity index (χ2n) is 4.39. The molecule has 2 atom stereocenters. The van der Waals surface area contributed by atoms with E-state index in [4.69, 9.17) is 0 Å². The zero-order valence-electron chi connectivity index (χ0n) is 10.0. The number of hydrogen-bond acceptors (Lipinski definition) is 1. The Balaban J connectivity index is 2.50. The van der Waals surface area contributed by atoms with Gasteiger partial charge in [0, 0.05) is 21.8 Å². The average Bonchev–Trinajstić information content (AvgIpc) is 2.36. The van der Waals surface area contributed by atoms with E-state index in [1.165, 1.54) is 0 Å². The summed E-state index contributed by atoms with van der Waals surface area (Å²) < 4.78 is -0.00301. The van der Waals surface area contributed by atoms with Gasteiger partial charge in [0.15, 0.2) is 0 Å².